The van der Waals surface area contributed by atoms with Crippen molar-refractivity contribution in [2.45, 2.75) is 13.8 Å². The van der Waals surface area contributed by atoms with E-state index >= 15 is 0 Å². The molecule has 21 heavy (non-hydrogen) atoms. The molecule has 0 radical (unpaired) electrons. The van der Waals surface area contributed by atoms with Crippen LogP contribution in [0.1, 0.15) is 28.5 Å². The first-order valence-corrected chi connectivity index (χ1v) is 7.90. The van der Waals surface area contributed by atoms with Crippen molar-refractivity contribution < 1.29 is 0 Å². The number of fused-ring (bicyclic) bond motifs is 1. The summed E-state index contributed by atoms with van der Waals surface area (Å²) < 4.78 is 1.32. The molecule has 0 N–H and O–H groups in total. The summed E-state index contributed by atoms with van der Waals surface area (Å²) in [4.78, 5) is 1.24. The molecule has 0 aliphatic carbocycles. The van der Waals surface area contributed by atoms with Crippen molar-refractivity contribution in [3.05, 3.63) is 76.7 Å². The van der Waals surface area contributed by atoms with E-state index in [1.165, 1.54) is 37.2 Å². The number of allylic oxidation sites excluding steroid dienone is 1. The van der Waals surface area contributed by atoms with Crippen LogP contribution in [0.3, 0.4) is 0 Å². The predicted octanol–water partition coefficient (Wildman–Crippen LogP) is 6.41. The first-order valence-electron chi connectivity index (χ1n) is 7.08. The van der Waals surface area contributed by atoms with Crippen LogP contribution in [0.4, 0.5) is 0 Å². The lowest BCUT2D eigenvalue weighted by atomic mass is 10.0. The van der Waals surface area contributed by atoms with Gasteiger partial charge in [-0.05, 0) is 43.2 Å². The third-order valence-corrected chi connectivity index (χ3v) is 4.87. The summed E-state index contributed by atoms with van der Waals surface area (Å²) in [6.45, 7) is 8.28. The fourth-order valence-corrected chi connectivity index (χ4v) is 3.56. The molecular weight excluding hydrogens is 272 g/mol. The Bertz CT molecular complexity index is 820. The first kappa shape index (κ1) is 13.8. The Balaban J connectivity index is 2.19. The van der Waals surface area contributed by atoms with E-state index in [0.717, 1.165) is 0 Å². The van der Waals surface area contributed by atoms with E-state index < -0.39 is 0 Å². The SMILES string of the molecule is C=Cc1sc2ccc(C)cc2c1/C=C(\C)c1ccccc1. The Morgan fingerprint density at radius 2 is 1.86 bits per heavy atom. The third kappa shape index (κ3) is 2.70. The largest absolute Gasteiger partial charge is 0.135 e. The van der Waals surface area contributed by atoms with Crippen LogP contribution in [0.15, 0.2) is 55.1 Å². The Labute approximate surface area is 130 Å². The van der Waals surface area contributed by atoms with E-state index in [2.05, 4.69) is 75.0 Å². The summed E-state index contributed by atoms with van der Waals surface area (Å²) in [6.07, 6.45) is 4.24. The normalized spacial score (nSPS) is 11.8. The number of rotatable bonds is 3. The molecule has 104 valence electrons. The second-order valence-corrected chi connectivity index (χ2v) is 6.36. The fraction of sp³-hybridized carbons (Fsp3) is 0.100. The first-order chi connectivity index (χ1) is 10.2. The van der Waals surface area contributed by atoms with Gasteiger partial charge in [-0.25, -0.2) is 0 Å². The van der Waals surface area contributed by atoms with Gasteiger partial charge in [0.25, 0.3) is 0 Å². The van der Waals surface area contributed by atoms with E-state index in [-0.39, 0.29) is 0 Å². The lowest BCUT2D eigenvalue weighted by Gasteiger charge is -2.03. The van der Waals surface area contributed by atoms with Crippen LogP contribution >= 0.6 is 11.3 Å². The van der Waals surface area contributed by atoms with Crippen molar-refractivity contribution in [3.63, 3.8) is 0 Å². The summed E-state index contributed by atoms with van der Waals surface area (Å²) in [5, 5.41) is 1.32. The number of hydrogen-bond acceptors (Lipinski definition) is 1. The maximum Gasteiger partial charge on any atom is 0.0355 e. The fourth-order valence-electron chi connectivity index (χ4n) is 2.55. The molecule has 0 unspecified atom stereocenters. The van der Waals surface area contributed by atoms with Gasteiger partial charge in [0.2, 0.25) is 0 Å². The average molecular weight is 290 g/mol. The van der Waals surface area contributed by atoms with Crippen LogP contribution < -0.4 is 0 Å². The zero-order chi connectivity index (χ0) is 14.8. The summed E-state index contributed by atoms with van der Waals surface area (Å²) in [7, 11) is 0. The van der Waals surface area contributed by atoms with E-state index in [1.807, 2.05) is 17.4 Å². The van der Waals surface area contributed by atoms with E-state index in [0.29, 0.717) is 0 Å². The zero-order valence-corrected chi connectivity index (χ0v) is 13.2. The minimum absolute atomic E-state index is 1.24. The third-order valence-electron chi connectivity index (χ3n) is 3.69. The molecule has 3 rings (SSSR count). The van der Waals surface area contributed by atoms with Crippen molar-refractivity contribution in [2.75, 3.05) is 0 Å². The molecule has 0 bridgehead atoms. The van der Waals surface area contributed by atoms with Gasteiger partial charge < -0.3 is 0 Å². The lowest BCUT2D eigenvalue weighted by Crippen LogP contribution is -1.80. The molecule has 1 aromatic heterocycles. The van der Waals surface area contributed by atoms with Gasteiger partial charge in [-0.3, -0.25) is 0 Å². The van der Waals surface area contributed by atoms with Crippen molar-refractivity contribution in [1.29, 1.82) is 0 Å². The minimum atomic E-state index is 1.24. The molecule has 2 aromatic carbocycles. The van der Waals surface area contributed by atoms with Gasteiger partial charge in [0.1, 0.15) is 0 Å². The highest BCUT2D eigenvalue weighted by atomic mass is 32.1. The molecule has 0 saturated heterocycles. The average Bonchev–Trinajstić information content (AvgIpc) is 2.85. The molecule has 3 aromatic rings. The number of hydrogen-bond donors (Lipinski definition) is 0. The number of benzene rings is 2. The molecule has 0 aliphatic heterocycles. The maximum absolute atomic E-state index is 3.97. The summed E-state index contributed by atoms with van der Waals surface area (Å²) >= 11 is 1.81. The van der Waals surface area contributed by atoms with Crippen molar-refractivity contribution >= 4 is 39.1 Å². The highest BCUT2D eigenvalue weighted by molar-refractivity contribution is 7.20. The number of thiophene rings is 1. The van der Waals surface area contributed by atoms with Gasteiger partial charge in [-0.2, -0.15) is 0 Å². The highest BCUT2D eigenvalue weighted by Gasteiger charge is 2.09. The maximum atomic E-state index is 3.97. The molecule has 0 nitrogen and oxygen atoms in total. The highest BCUT2D eigenvalue weighted by Crippen LogP contribution is 2.35. The molecular formula is C20H18S. The van der Waals surface area contributed by atoms with Gasteiger partial charge in [0.15, 0.2) is 0 Å². The van der Waals surface area contributed by atoms with E-state index in [4.69, 9.17) is 0 Å². The molecule has 1 heterocycles. The minimum Gasteiger partial charge on any atom is -0.135 e. The van der Waals surface area contributed by atoms with Crippen molar-refractivity contribution in [3.8, 4) is 0 Å². The number of aryl methyl sites for hydroxylation is 1. The summed E-state index contributed by atoms with van der Waals surface area (Å²) in [5.41, 5.74) is 5.12. The molecule has 0 atom stereocenters. The topological polar surface area (TPSA) is 0 Å². The predicted molar refractivity (Wildman–Crippen MR) is 96.6 cm³/mol. The monoisotopic (exact) mass is 290 g/mol. The molecule has 0 saturated carbocycles. The molecule has 0 aliphatic rings. The van der Waals surface area contributed by atoms with Crippen LogP contribution in [-0.2, 0) is 0 Å². The van der Waals surface area contributed by atoms with Gasteiger partial charge in [-0.15, -0.1) is 11.3 Å². The Morgan fingerprint density at radius 1 is 1.10 bits per heavy atom. The second-order valence-electron chi connectivity index (χ2n) is 5.28. The van der Waals surface area contributed by atoms with E-state index in [1.54, 1.807) is 0 Å². The van der Waals surface area contributed by atoms with Gasteiger partial charge >= 0.3 is 0 Å². The molecule has 0 amide bonds. The van der Waals surface area contributed by atoms with Crippen LogP contribution in [0.25, 0.3) is 27.8 Å². The van der Waals surface area contributed by atoms with Gasteiger partial charge in [0.05, 0.1) is 0 Å². The lowest BCUT2D eigenvalue weighted by molar-refractivity contribution is 1.51. The van der Waals surface area contributed by atoms with Crippen LogP contribution in [-0.4, -0.2) is 0 Å². The van der Waals surface area contributed by atoms with E-state index in [9.17, 15) is 0 Å². The zero-order valence-electron chi connectivity index (χ0n) is 12.4. The molecule has 1 heteroatoms. The molecule has 0 spiro atoms. The van der Waals surface area contributed by atoms with Crippen molar-refractivity contribution in [2.24, 2.45) is 0 Å². The molecule has 0 fully saturated rings. The quantitative estimate of drug-likeness (QED) is 0.522. The Morgan fingerprint density at radius 3 is 2.57 bits per heavy atom. The Hall–Kier alpha value is -2.12. The van der Waals surface area contributed by atoms with Crippen LogP contribution in [0, 0.1) is 6.92 Å². The van der Waals surface area contributed by atoms with Gasteiger partial charge in [0, 0.05) is 20.5 Å². The Kier molecular flexibility index (Phi) is 3.76. The van der Waals surface area contributed by atoms with Gasteiger partial charge in [-0.1, -0.05) is 54.6 Å². The van der Waals surface area contributed by atoms with Crippen LogP contribution in [0.2, 0.25) is 0 Å². The smallest absolute Gasteiger partial charge is 0.0355 e. The second kappa shape index (κ2) is 5.71. The van der Waals surface area contributed by atoms with Crippen LogP contribution in [0.5, 0.6) is 0 Å². The van der Waals surface area contributed by atoms with Crippen molar-refractivity contribution in [1.82, 2.24) is 0 Å². The summed E-state index contributed by atoms with van der Waals surface area (Å²) in [5.74, 6) is 0. The summed E-state index contributed by atoms with van der Waals surface area (Å²) in [6, 6.07) is 17.2. The standard InChI is InChI=1S/C20H18S/c1-4-19-18(13-15(3)16-8-6-5-7-9-16)17-12-14(2)10-11-20(17)21-19/h4-13H,1H2,2-3H3/b15-13+.